The van der Waals surface area contributed by atoms with E-state index in [-0.39, 0.29) is 12.0 Å². The zero-order valence-corrected chi connectivity index (χ0v) is 11.7. The molecule has 1 aliphatic carbocycles. The van der Waals surface area contributed by atoms with Crippen LogP contribution in [0, 0.1) is 5.41 Å². The van der Waals surface area contributed by atoms with Gasteiger partial charge in [0.25, 0.3) is 0 Å². The molecule has 1 aliphatic rings. The highest BCUT2D eigenvalue weighted by Crippen LogP contribution is 2.37. The van der Waals surface area contributed by atoms with Crippen molar-refractivity contribution in [1.29, 1.82) is 0 Å². The fraction of sp³-hybridized carbons (Fsp3) is 0.714. The minimum Gasteiger partial charge on any atom is -0.396 e. The van der Waals surface area contributed by atoms with Gasteiger partial charge in [0.2, 0.25) is 0 Å². The minimum absolute atomic E-state index is 0.0362. The van der Waals surface area contributed by atoms with Crippen molar-refractivity contribution in [1.82, 2.24) is 9.97 Å². The van der Waals surface area contributed by atoms with Gasteiger partial charge < -0.3 is 15.7 Å². The van der Waals surface area contributed by atoms with E-state index in [0.717, 1.165) is 44.0 Å². The Morgan fingerprint density at radius 3 is 2.53 bits per heavy atom. The molecule has 3 N–H and O–H groups in total. The van der Waals surface area contributed by atoms with E-state index in [1.165, 1.54) is 12.8 Å². The summed E-state index contributed by atoms with van der Waals surface area (Å²) >= 11 is 0. The van der Waals surface area contributed by atoms with Gasteiger partial charge in [-0.3, -0.25) is 4.98 Å². The zero-order valence-electron chi connectivity index (χ0n) is 11.7. The molecule has 5 nitrogen and oxygen atoms in total. The summed E-state index contributed by atoms with van der Waals surface area (Å²) in [4.78, 5) is 8.65. The van der Waals surface area contributed by atoms with E-state index in [0.29, 0.717) is 0 Å². The average Bonchev–Trinajstić information content (AvgIpc) is 2.93. The molecule has 19 heavy (non-hydrogen) atoms. The number of anilines is 2. The van der Waals surface area contributed by atoms with Crippen LogP contribution in [0.4, 0.5) is 11.6 Å². The predicted molar refractivity (Wildman–Crippen MR) is 77.3 cm³/mol. The van der Waals surface area contributed by atoms with Gasteiger partial charge in [0.15, 0.2) is 0 Å². The third kappa shape index (κ3) is 3.80. The van der Waals surface area contributed by atoms with Crippen LogP contribution in [0.3, 0.4) is 0 Å². The Labute approximate surface area is 114 Å². The van der Waals surface area contributed by atoms with Crippen LogP contribution < -0.4 is 10.6 Å². The van der Waals surface area contributed by atoms with Crippen molar-refractivity contribution in [2.24, 2.45) is 5.41 Å². The maximum atomic E-state index is 9.58. The SMILES string of the molecule is CCCNc1cncc(NCC2(CO)CCCC2)n1. The number of hydrogen-bond donors (Lipinski definition) is 3. The van der Waals surface area contributed by atoms with Crippen LogP contribution in [0.5, 0.6) is 0 Å². The Balaban J connectivity index is 1.91. The molecule has 106 valence electrons. The van der Waals surface area contributed by atoms with E-state index in [9.17, 15) is 5.11 Å². The molecule has 1 aromatic heterocycles. The fourth-order valence-electron chi connectivity index (χ4n) is 2.58. The second-order valence-electron chi connectivity index (χ2n) is 5.44. The Hall–Kier alpha value is -1.36. The average molecular weight is 264 g/mol. The summed E-state index contributed by atoms with van der Waals surface area (Å²) in [5.41, 5.74) is 0.0362. The number of aliphatic hydroxyl groups excluding tert-OH is 1. The first kappa shape index (κ1) is 14.1. The van der Waals surface area contributed by atoms with Gasteiger partial charge in [-0.15, -0.1) is 0 Å². The third-order valence-electron chi connectivity index (χ3n) is 3.83. The summed E-state index contributed by atoms with van der Waals surface area (Å²) in [6.45, 7) is 4.04. The molecule has 1 heterocycles. The van der Waals surface area contributed by atoms with Crippen molar-refractivity contribution in [2.75, 3.05) is 30.3 Å². The second-order valence-corrected chi connectivity index (χ2v) is 5.44. The van der Waals surface area contributed by atoms with Gasteiger partial charge in [-0.1, -0.05) is 19.8 Å². The molecule has 0 saturated heterocycles. The van der Waals surface area contributed by atoms with Crippen molar-refractivity contribution < 1.29 is 5.11 Å². The van der Waals surface area contributed by atoms with Gasteiger partial charge in [-0.05, 0) is 19.3 Å². The van der Waals surface area contributed by atoms with Gasteiger partial charge in [0.05, 0.1) is 19.0 Å². The Kier molecular flexibility index (Phi) is 4.96. The third-order valence-corrected chi connectivity index (χ3v) is 3.83. The first-order valence-electron chi connectivity index (χ1n) is 7.19. The monoisotopic (exact) mass is 264 g/mol. The summed E-state index contributed by atoms with van der Waals surface area (Å²) in [5.74, 6) is 1.58. The van der Waals surface area contributed by atoms with Crippen LogP contribution in [-0.4, -0.2) is 34.8 Å². The normalized spacial score (nSPS) is 17.4. The number of nitrogens with one attached hydrogen (secondary N) is 2. The van der Waals surface area contributed by atoms with Crippen molar-refractivity contribution in [2.45, 2.75) is 39.0 Å². The molecule has 1 saturated carbocycles. The lowest BCUT2D eigenvalue weighted by Crippen LogP contribution is -2.30. The van der Waals surface area contributed by atoms with E-state index in [4.69, 9.17) is 0 Å². The molecule has 1 aromatic rings. The van der Waals surface area contributed by atoms with Crippen LogP contribution in [-0.2, 0) is 0 Å². The van der Waals surface area contributed by atoms with Gasteiger partial charge in [-0.25, -0.2) is 4.98 Å². The first-order chi connectivity index (χ1) is 9.28. The lowest BCUT2D eigenvalue weighted by molar-refractivity contribution is 0.142. The minimum atomic E-state index is 0.0362. The van der Waals surface area contributed by atoms with Crippen LogP contribution in [0.1, 0.15) is 39.0 Å². The molecule has 0 spiro atoms. The number of aromatic nitrogens is 2. The number of rotatable bonds is 7. The molecule has 2 rings (SSSR count). The summed E-state index contributed by atoms with van der Waals surface area (Å²) in [6, 6.07) is 0. The smallest absolute Gasteiger partial charge is 0.146 e. The van der Waals surface area contributed by atoms with Crippen molar-refractivity contribution >= 4 is 11.6 Å². The van der Waals surface area contributed by atoms with Crippen LogP contribution >= 0.6 is 0 Å². The van der Waals surface area contributed by atoms with E-state index in [1.54, 1.807) is 12.4 Å². The topological polar surface area (TPSA) is 70.1 Å². The highest BCUT2D eigenvalue weighted by atomic mass is 16.3. The molecule has 0 unspecified atom stereocenters. The van der Waals surface area contributed by atoms with E-state index >= 15 is 0 Å². The van der Waals surface area contributed by atoms with E-state index in [1.807, 2.05) is 0 Å². The first-order valence-corrected chi connectivity index (χ1v) is 7.19. The molecular formula is C14H24N4O. The molecule has 5 heteroatoms. The van der Waals surface area contributed by atoms with Gasteiger partial charge in [0, 0.05) is 18.5 Å². The lowest BCUT2D eigenvalue weighted by Gasteiger charge is -2.26. The van der Waals surface area contributed by atoms with Crippen LogP contribution in [0.2, 0.25) is 0 Å². The van der Waals surface area contributed by atoms with Gasteiger partial charge in [0.1, 0.15) is 11.6 Å². The number of aliphatic hydroxyl groups is 1. The molecule has 1 fully saturated rings. The van der Waals surface area contributed by atoms with Crippen molar-refractivity contribution in [3.05, 3.63) is 12.4 Å². The van der Waals surface area contributed by atoms with Crippen LogP contribution in [0.15, 0.2) is 12.4 Å². The summed E-state index contributed by atoms with van der Waals surface area (Å²) in [5, 5.41) is 16.1. The maximum Gasteiger partial charge on any atom is 0.146 e. The molecule has 0 aromatic carbocycles. The van der Waals surface area contributed by atoms with Crippen LogP contribution in [0.25, 0.3) is 0 Å². The van der Waals surface area contributed by atoms with Gasteiger partial charge in [-0.2, -0.15) is 0 Å². The summed E-state index contributed by atoms with van der Waals surface area (Å²) < 4.78 is 0. The van der Waals surface area contributed by atoms with E-state index in [2.05, 4.69) is 27.5 Å². The quantitative estimate of drug-likeness (QED) is 0.704. The highest BCUT2D eigenvalue weighted by molar-refractivity contribution is 5.41. The molecule has 0 radical (unpaired) electrons. The fourth-order valence-corrected chi connectivity index (χ4v) is 2.58. The molecule has 0 amide bonds. The maximum absolute atomic E-state index is 9.58. The zero-order chi connectivity index (χ0) is 13.6. The Morgan fingerprint density at radius 2 is 1.89 bits per heavy atom. The Morgan fingerprint density at radius 1 is 1.21 bits per heavy atom. The Bertz CT molecular complexity index is 391. The summed E-state index contributed by atoms with van der Waals surface area (Å²) in [6.07, 6.45) is 9.15. The number of nitrogens with zero attached hydrogens (tertiary/aromatic N) is 2. The standard InChI is InChI=1S/C14H24N4O/c1-2-7-16-12-8-15-9-13(18-12)17-10-14(11-19)5-3-4-6-14/h8-9,19H,2-7,10-11H2,1H3,(H2,16,17,18). The number of hydrogen-bond acceptors (Lipinski definition) is 5. The second kappa shape index (κ2) is 6.70. The molecule has 0 bridgehead atoms. The highest BCUT2D eigenvalue weighted by Gasteiger charge is 2.32. The lowest BCUT2D eigenvalue weighted by atomic mass is 9.87. The van der Waals surface area contributed by atoms with Crippen molar-refractivity contribution in [3.63, 3.8) is 0 Å². The largest absolute Gasteiger partial charge is 0.396 e. The predicted octanol–water partition coefficient (Wildman–Crippen LogP) is 2.26. The molecule has 0 aliphatic heterocycles. The summed E-state index contributed by atoms with van der Waals surface area (Å²) in [7, 11) is 0. The van der Waals surface area contributed by atoms with Gasteiger partial charge >= 0.3 is 0 Å². The molecular weight excluding hydrogens is 240 g/mol. The van der Waals surface area contributed by atoms with Crippen molar-refractivity contribution in [3.8, 4) is 0 Å². The van der Waals surface area contributed by atoms with E-state index < -0.39 is 0 Å². The molecule has 0 atom stereocenters.